The van der Waals surface area contributed by atoms with Gasteiger partial charge in [-0.05, 0) is 61.1 Å². The summed E-state index contributed by atoms with van der Waals surface area (Å²) < 4.78 is 33.1. The summed E-state index contributed by atoms with van der Waals surface area (Å²) >= 11 is 0. The summed E-state index contributed by atoms with van der Waals surface area (Å²) in [7, 11) is 2.95. The molecule has 0 amide bonds. The van der Waals surface area contributed by atoms with Gasteiger partial charge in [0.05, 0.1) is 27.4 Å². The molecule has 0 radical (unpaired) electrons. The fourth-order valence-corrected chi connectivity index (χ4v) is 4.82. The van der Waals surface area contributed by atoms with Gasteiger partial charge in [-0.25, -0.2) is 0 Å². The number of fused-ring (bicyclic) bond motifs is 1. The Balaban J connectivity index is 1.24. The Morgan fingerprint density at radius 3 is 1.53 bits per heavy atom. The second-order valence-corrected chi connectivity index (χ2v) is 9.58. The number of aromatic hydroxyl groups is 2. The molecule has 0 spiro atoms. The number of hydrogen-bond donors (Lipinski definition) is 2. The first kappa shape index (κ1) is 27.5. The number of rotatable bonds is 10. The number of benzene rings is 2. The maximum absolute atomic E-state index is 12.5. The lowest BCUT2D eigenvalue weighted by molar-refractivity contribution is -0.155. The Labute approximate surface area is 221 Å². The smallest absolute Gasteiger partial charge is 0.306 e. The van der Waals surface area contributed by atoms with E-state index in [9.17, 15) is 19.8 Å². The molecule has 206 valence electrons. The van der Waals surface area contributed by atoms with E-state index in [2.05, 4.69) is 0 Å². The van der Waals surface area contributed by atoms with E-state index in [1.807, 2.05) is 0 Å². The van der Waals surface area contributed by atoms with Crippen LogP contribution in [0.1, 0.15) is 35.1 Å². The van der Waals surface area contributed by atoms with Crippen LogP contribution < -0.4 is 9.47 Å². The van der Waals surface area contributed by atoms with Crippen LogP contribution in [-0.2, 0) is 41.4 Å². The van der Waals surface area contributed by atoms with Crippen LogP contribution in [0.25, 0.3) is 0 Å². The maximum Gasteiger partial charge on any atom is 0.306 e. The second-order valence-electron chi connectivity index (χ2n) is 9.58. The summed E-state index contributed by atoms with van der Waals surface area (Å²) in [5, 5.41) is 20.0. The fourth-order valence-electron chi connectivity index (χ4n) is 4.82. The number of methoxy groups -OCH3 is 2. The van der Waals surface area contributed by atoms with Gasteiger partial charge in [0.1, 0.15) is 12.2 Å². The van der Waals surface area contributed by atoms with Crippen LogP contribution in [0.3, 0.4) is 0 Å². The van der Waals surface area contributed by atoms with E-state index < -0.39 is 36.4 Å². The van der Waals surface area contributed by atoms with Crippen LogP contribution in [0, 0.1) is 13.8 Å². The van der Waals surface area contributed by atoms with E-state index in [0.717, 1.165) is 11.1 Å². The lowest BCUT2D eigenvalue weighted by Gasteiger charge is -2.17. The summed E-state index contributed by atoms with van der Waals surface area (Å²) in [5.41, 5.74) is 3.02. The fraction of sp³-hybridized carbons (Fsp3) is 0.500. The molecule has 4 rings (SSSR count). The molecule has 2 fully saturated rings. The number of phenols is 2. The van der Waals surface area contributed by atoms with Crippen molar-refractivity contribution in [1.82, 2.24) is 0 Å². The zero-order chi connectivity index (χ0) is 27.4. The van der Waals surface area contributed by atoms with Crippen molar-refractivity contribution < 1.29 is 48.2 Å². The average Bonchev–Trinajstić information content (AvgIpc) is 3.48. The molecule has 2 N–H and O–H groups in total. The molecular formula is C28H34O10. The minimum atomic E-state index is -0.584. The van der Waals surface area contributed by atoms with Gasteiger partial charge >= 0.3 is 11.9 Å². The quantitative estimate of drug-likeness (QED) is 0.442. The number of ether oxygens (including phenoxy) is 6. The molecule has 38 heavy (non-hydrogen) atoms. The monoisotopic (exact) mass is 530 g/mol. The first-order valence-electron chi connectivity index (χ1n) is 12.5. The number of aryl methyl sites for hydroxylation is 4. The maximum atomic E-state index is 12.5. The molecule has 10 nitrogen and oxygen atoms in total. The summed E-state index contributed by atoms with van der Waals surface area (Å²) in [6.07, 6.45) is -1.05. The number of carbonyl (C=O) groups is 2. The molecule has 2 aliphatic heterocycles. The van der Waals surface area contributed by atoms with E-state index in [-0.39, 0.29) is 37.6 Å². The lowest BCUT2D eigenvalue weighted by atomic mass is 10.1. The SMILES string of the molecule is COc1cc(CCC(=O)O[C@H]2CO[C@H]3[C@@H]2OC[C@H]3OC(=O)CCc2cc(C)c(O)c(OC)c2)cc(C)c1O. The van der Waals surface area contributed by atoms with Crippen molar-refractivity contribution in [3.63, 3.8) is 0 Å². The molecule has 2 saturated heterocycles. The standard InChI is InChI=1S/C28H34O10/c1-15-9-17(11-19(33-3)25(15)31)5-7-23(29)37-21-13-35-28-22(14-36-27(21)28)38-24(30)8-6-18-10-16(2)26(32)20(12-18)34-4/h9-12,21-22,27-28,31-32H,5-8,13-14H2,1-4H3/t21-,22+,27-,28-/m1/s1. The van der Waals surface area contributed by atoms with E-state index in [1.165, 1.54) is 14.2 Å². The van der Waals surface area contributed by atoms with Gasteiger partial charge in [0, 0.05) is 12.8 Å². The number of esters is 2. The van der Waals surface area contributed by atoms with Gasteiger partial charge in [0.15, 0.2) is 35.2 Å². The van der Waals surface area contributed by atoms with Crippen LogP contribution in [0.5, 0.6) is 23.0 Å². The summed E-state index contributed by atoms with van der Waals surface area (Å²) in [5.74, 6) is 0.0892. The highest BCUT2D eigenvalue weighted by Crippen LogP contribution is 2.34. The topological polar surface area (TPSA) is 130 Å². The molecule has 2 aromatic carbocycles. The second kappa shape index (κ2) is 11.9. The molecule has 2 aromatic rings. The highest BCUT2D eigenvalue weighted by Gasteiger charge is 2.51. The van der Waals surface area contributed by atoms with Crippen molar-refractivity contribution in [2.75, 3.05) is 27.4 Å². The van der Waals surface area contributed by atoms with Gasteiger partial charge in [-0.3, -0.25) is 9.59 Å². The van der Waals surface area contributed by atoms with Crippen molar-refractivity contribution in [3.05, 3.63) is 46.5 Å². The van der Waals surface area contributed by atoms with Crippen LogP contribution in [0.15, 0.2) is 24.3 Å². The van der Waals surface area contributed by atoms with Crippen LogP contribution in [0.4, 0.5) is 0 Å². The van der Waals surface area contributed by atoms with Crippen LogP contribution >= 0.6 is 0 Å². The molecular weight excluding hydrogens is 496 g/mol. The van der Waals surface area contributed by atoms with Crippen LogP contribution in [-0.4, -0.2) is 74.0 Å². The van der Waals surface area contributed by atoms with Crippen molar-refractivity contribution in [2.24, 2.45) is 0 Å². The minimum absolute atomic E-state index is 0.0808. The predicted octanol–water partition coefficient (Wildman–Crippen LogP) is 2.92. The van der Waals surface area contributed by atoms with E-state index in [1.54, 1.807) is 38.1 Å². The van der Waals surface area contributed by atoms with Crippen LogP contribution in [0.2, 0.25) is 0 Å². The van der Waals surface area contributed by atoms with Gasteiger partial charge in [-0.2, -0.15) is 0 Å². The molecule has 2 heterocycles. The molecule has 0 bridgehead atoms. The van der Waals surface area contributed by atoms with Crippen molar-refractivity contribution in [2.45, 2.75) is 63.9 Å². The Hall–Kier alpha value is -3.50. The Morgan fingerprint density at radius 2 is 1.16 bits per heavy atom. The Bertz CT molecular complexity index is 1090. The van der Waals surface area contributed by atoms with E-state index in [0.29, 0.717) is 35.5 Å². The molecule has 0 aliphatic carbocycles. The van der Waals surface area contributed by atoms with Crippen molar-refractivity contribution in [3.8, 4) is 23.0 Å². The Kier molecular flexibility index (Phi) is 8.63. The van der Waals surface area contributed by atoms with Gasteiger partial charge in [-0.15, -0.1) is 0 Å². The summed E-state index contributed by atoms with van der Waals surface area (Å²) in [6, 6.07) is 7.00. The molecule has 10 heteroatoms. The van der Waals surface area contributed by atoms with Gasteiger partial charge in [-0.1, -0.05) is 12.1 Å². The first-order valence-corrected chi connectivity index (χ1v) is 12.5. The van der Waals surface area contributed by atoms with Crippen molar-refractivity contribution >= 4 is 11.9 Å². The van der Waals surface area contributed by atoms with Gasteiger partial charge in [0.25, 0.3) is 0 Å². The summed E-state index contributed by atoms with van der Waals surface area (Å²) in [4.78, 5) is 25.0. The third-order valence-electron chi connectivity index (χ3n) is 6.85. The van der Waals surface area contributed by atoms with Crippen molar-refractivity contribution in [1.29, 1.82) is 0 Å². The third kappa shape index (κ3) is 6.14. The number of hydrogen-bond acceptors (Lipinski definition) is 10. The van der Waals surface area contributed by atoms with E-state index in [4.69, 9.17) is 28.4 Å². The molecule has 0 unspecified atom stereocenters. The zero-order valence-corrected chi connectivity index (χ0v) is 22.0. The molecule has 4 atom stereocenters. The largest absolute Gasteiger partial charge is 0.504 e. The highest BCUT2D eigenvalue weighted by atomic mass is 16.7. The first-order chi connectivity index (χ1) is 18.2. The van der Waals surface area contributed by atoms with Gasteiger partial charge in [0.2, 0.25) is 0 Å². The molecule has 2 aliphatic rings. The molecule has 0 aromatic heterocycles. The minimum Gasteiger partial charge on any atom is -0.504 e. The Morgan fingerprint density at radius 1 is 0.763 bits per heavy atom. The van der Waals surface area contributed by atoms with Gasteiger partial charge < -0.3 is 38.6 Å². The summed E-state index contributed by atoms with van der Waals surface area (Å²) in [6.45, 7) is 3.85. The normalized spacial score (nSPS) is 22.1. The lowest BCUT2D eigenvalue weighted by Crippen LogP contribution is -2.36. The predicted molar refractivity (Wildman–Crippen MR) is 135 cm³/mol. The highest BCUT2D eigenvalue weighted by molar-refractivity contribution is 5.71. The number of phenolic OH excluding ortho intramolecular Hbond substituents is 2. The molecule has 0 saturated carbocycles. The third-order valence-corrected chi connectivity index (χ3v) is 6.85. The zero-order valence-electron chi connectivity index (χ0n) is 22.0. The average molecular weight is 531 g/mol. The van der Waals surface area contributed by atoms with E-state index >= 15 is 0 Å². The number of carbonyl (C=O) groups excluding carboxylic acids is 2.